The Kier molecular flexibility index (Phi) is 6.45. The van der Waals surface area contributed by atoms with Gasteiger partial charge in [-0.05, 0) is 43.6 Å². The Hall–Kier alpha value is -2.14. The van der Waals surface area contributed by atoms with Crippen LogP contribution in [0.15, 0.2) is 41.1 Å². The summed E-state index contributed by atoms with van der Waals surface area (Å²) >= 11 is 0. The molecule has 5 heteroatoms. The molecule has 3 rings (SSSR count). The number of carbonyl (C=O) groups excluding carboxylic acids is 1. The minimum absolute atomic E-state index is 0.00641. The molecular formula is C21H28N2O3. The Morgan fingerprint density at radius 3 is 2.69 bits per heavy atom. The van der Waals surface area contributed by atoms with Crippen molar-refractivity contribution in [3.05, 3.63) is 53.4 Å². The van der Waals surface area contributed by atoms with Crippen LogP contribution in [0.3, 0.4) is 0 Å². The summed E-state index contributed by atoms with van der Waals surface area (Å²) in [5.41, 5.74) is 1.85. The molecule has 2 aromatic rings. The fraction of sp³-hybridized carbons (Fsp3) is 0.524. The van der Waals surface area contributed by atoms with Gasteiger partial charge in [0.15, 0.2) is 0 Å². The minimum atomic E-state index is -0.307. The molecule has 1 unspecified atom stereocenters. The number of amides is 1. The summed E-state index contributed by atoms with van der Waals surface area (Å²) in [6.07, 6.45) is 6.23. The third-order valence-electron chi connectivity index (χ3n) is 5.30. The van der Waals surface area contributed by atoms with Crippen molar-refractivity contribution in [3.63, 3.8) is 0 Å². The normalized spacial score (nSPS) is 16.6. The summed E-state index contributed by atoms with van der Waals surface area (Å²) in [5.74, 6) is 0.954. The maximum atomic E-state index is 12.7. The lowest BCUT2D eigenvalue weighted by Crippen LogP contribution is -2.41. The number of benzene rings is 1. The minimum Gasteiger partial charge on any atom is -0.393 e. The van der Waals surface area contributed by atoms with E-state index in [0.29, 0.717) is 24.4 Å². The van der Waals surface area contributed by atoms with E-state index in [-0.39, 0.29) is 17.9 Å². The van der Waals surface area contributed by atoms with Crippen LogP contribution < -0.4 is 0 Å². The molecule has 2 heterocycles. The molecule has 1 aliphatic heterocycles. The summed E-state index contributed by atoms with van der Waals surface area (Å²) in [6.45, 7) is 3.42. The first-order valence-corrected chi connectivity index (χ1v) is 9.63. The van der Waals surface area contributed by atoms with E-state index in [4.69, 9.17) is 4.52 Å². The molecule has 0 aliphatic carbocycles. The second-order valence-electron chi connectivity index (χ2n) is 7.13. The van der Waals surface area contributed by atoms with Gasteiger partial charge in [-0.15, -0.1) is 0 Å². The van der Waals surface area contributed by atoms with Gasteiger partial charge in [-0.3, -0.25) is 4.79 Å². The van der Waals surface area contributed by atoms with Gasteiger partial charge in [0.25, 0.3) is 5.91 Å². The molecular weight excluding hydrogens is 328 g/mol. The number of nitrogens with zero attached hydrogens (tertiary/aromatic N) is 2. The molecule has 1 aromatic heterocycles. The first kappa shape index (κ1) is 18.6. The second kappa shape index (κ2) is 8.99. The number of hydrogen-bond donors (Lipinski definition) is 1. The SMILES string of the molecule is CCCc1oncc1C(=O)N1CCC(C(O)CCc2ccccc2)CC1. The van der Waals surface area contributed by atoms with E-state index in [0.717, 1.165) is 38.5 Å². The summed E-state index contributed by atoms with van der Waals surface area (Å²) in [6, 6.07) is 10.3. The van der Waals surface area contributed by atoms with Crippen molar-refractivity contribution >= 4 is 5.91 Å². The number of carbonyl (C=O) groups is 1. The van der Waals surface area contributed by atoms with E-state index in [1.165, 1.54) is 11.8 Å². The van der Waals surface area contributed by atoms with Crippen LogP contribution in [-0.4, -0.2) is 40.3 Å². The number of likely N-dealkylation sites (tertiary alicyclic amines) is 1. The van der Waals surface area contributed by atoms with Gasteiger partial charge in [0, 0.05) is 19.5 Å². The van der Waals surface area contributed by atoms with Crippen LogP contribution in [0.2, 0.25) is 0 Å². The summed E-state index contributed by atoms with van der Waals surface area (Å²) in [7, 11) is 0. The zero-order valence-electron chi connectivity index (χ0n) is 15.4. The highest BCUT2D eigenvalue weighted by Gasteiger charge is 2.29. The third kappa shape index (κ3) is 4.52. The average Bonchev–Trinajstić information content (AvgIpc) is 3.15. The molecule has 0 saturated carbocycles. The van der Waals surface area contributed by atoms with Crippen molar-refractivity contribution in [3.8, 4) is 0 Å². The fourth-order valence-electron chi connectivity index (χ4n) is 3.70. The topological polar surface area (TPSA) is 66.6 Å². The van der Waals surface area contributed by atoms with E-state index < -0.39 is 0 Å². The van der Waals surface area contributed by atoms with E-state index >= 15 is 0 Å². The molecule has 1 fully saturated rings. The van der Waals surface area contributed by atoms with Crippen molar-refractivity contribution < 1.29 is 14.4 Å². The number of rotatable bonds is 7. The van der Waals surface area contributed by atoms with Crippen molar-refractivity contribution in [2.45, 2.75) is 51.6 Å². The van der Waals surface area contributed by atoms with Crippen LogP contribution in [0.4, 0.5) is 0 Å². The number of aliphatic hydroxyl groups excluding tert-OH is 1. The van der Waals surface area contributed by atoms with Crippen molar-refractivity contribution in [1.29, 1.82) is 0 Å². The molecule has 1 N–H and O–H groups in total. The quantitative estimate of drug-likeness (QED) is 0.825. The lowest BCUT2D eigenvalue weighted by Gasteiger charge is -2.34. The van der Waals surface area contributed by atoms with Crippen LogP contribution in [-0.2, 0) is 12.8 Å². The zero-order valence-corrected chi connectivity index (χ0v) is 15.4. The monoisotopic (exact) mass is 356 g/mol. The standard InChI is InChI=1S/C21H28N2O3/c1-2-6-20-18(15-22-26-20)21(25)23-13-11-17(12-14-23)19(24)10-9-16-7-4-3-5-8-16/h3-5,7-8,15,17,19,24H,2,6,9-14H2,1H3. The number of aromatic nitrogens is 1. The Labute approximate surface area is 155 Å². The second-order valence-corrected chi connectivity index (χ2v) is 7.13. The molecule has 1 atom stereocenters. The van der Waals surface area contributed by atoms with E-state index in [1.807, 2.05) is 23.1 Å². The Balaban J connectivity index is 1.49. The molecule has 0 spiro atoms. The molecule has 0 bridgehead atoms. The molecule has 26 heavy (non-hydrogen) atoms. The first-order chi connectivity index (χ1) is 12.7. The third-order valence-corrected chi connectivity index (χ3v) is 5.30. The Morgan fingerprint density at radius 1 is 1.27 bits per heavy atom. The number of piperidine rings is 1. The molecule has 5 nitrogen and oxygen atoms in total. The highest BCUT2D eigenvalue weighted by atomic mass is 16.5. The van der Waals surface area contributed by atoms with Gasteiger partial charge in [0.05, 0.1) is 12.3 Å². The van der Waals surface area contributed by atoms with Crippen molar-refractivity contribution in [2.24, 2.45) is 5.92 Å². The number of aliphatic hydroxyl groups is 1. The average molecular weight is 356 g/mol. The highest BCUT2D eigenvalue weighted by Crippen LogP contribution is 2.25. The van der Waals surface area contributed by atoms with Gasteiger partial charge in [-0.25, -0.2) is 0 Å². The summed E-state index contributed by atoms with van der Waals surface area (Å²) in [5, 5.41) is 14.3. The molecule has 0 radical (unpaired) electrons. The van der Waals surface area contributed by atoms with Crippen LogP contribution in [0.5, 0.6) is 0 Å². The highest BCUT2D eigenvalue weighted by molar-refractivity contribution is 5.94. The van der Waals surface area contributed by atoms with Crippen LogP contribution in [0.1, 0.15) is 54.3 Å². The van der Waals surface area contributed by atoms with Gasteiger partial charge >= 0.3 is 0 Å². The van der Waals surface area contributed by atoms with E-state index in [1.54, 1.807) is 0 Å². The van der Waals surface area contributed by atoms with Gasteiger partial charge in [-0.1, -0.05) is 42.4 Å². The molecule has 1 saturated heterocycles. The van der Waals surface area contributed by atoms with Crippen molar-refractivity contribution in [1.82, 2.24) is 10.1 Å². The lowest BCUT2D eigenvalue weighted by atomic mass is 9.88. The maximum absolute atomic E-state index is 12.7. The predicted octanol–water partition coefficient (Wildman–Crippen LogP) is 3.47. The maximum Gasteiger partial charge on any atom is 0.259 e. The van der Waals surface area contributed by atoms with E-state index in [9.17, 15) is 9.90 Å². The zero-order chi connectivity index (χ0) is 18.4. The predicted molar refractivity (Wildman–Crippen MR) is 99.9 cm³/mol. The smallest absolute Gasteiger partial charge is 0.259 e. The fourth-order valence-corrected chi connectivity index (χ4v) is 3.70. The van der Waals surface area contributed by atoms with Gasteiger partial charge in [0.2, 0.25) is 0 Å². The Bertz CT molecular complexity index is 690. The number of aryl methyl sites for hydroxylation is 2. The van der Waals surface area contributed by atoms with Gasteiger partial charge in [0.1, 0.15) is 11.3 Å². The summed E-state index contributed by atoms with van der Waals surface area (Å²) in [4.78, 5) is 14.6. The summed E-state index contributed by atoms with van der Waals surface area (Å²) < 4.78 is 5.21. The number of hydrogen-bond acceptors (Lipinski definition) is 4. The molecule has 1 amide bonds. The van der Waals surface area contributed by atoms with E-state index in [2.05, 4.69) is 24.2 Å². The molecule has 1 aromatic carbocycles. The van der Waals surface area contributed by atoms with Crippen LogP contribution >= 0.6 is 0 Å². The van der Waals surface area contributed by atoms with Crippen molar-refractivity contribution in [2.75, 3.05) is 13.1 Å². The Morgan fingerprint density at radius 2 is 2.00 bits per heavy atom. The molecule has 140 valence electrons. The van der Waals surface area contributed by atoms with Gasteiger partial charge < -0.3 is 14.5 Å². The van der Waals surface area contributed by atoms with Gasteiger partial charge in [-0.2, -0.15) is 0 Å². The molecule has 1 aliphatic rings. The van der Waals surface area contributed by atoms with Crippen LogP contribution in [0.25, 0.3) is 0 Å². The van der Waals surface area contributed by atoms with Crippen LogP contribution in [0, 0.1) is 5.92 Å². The lowest BCUT2D eigenvalue weighted by molar-refractivity contribution is 0.0435. The largest absolute Gasteiger partial charge is 0.393 e. The first-order valence-electron chi connectivity index (χ1n) is 9.63.